The van der Waals surface area contributed by atoms with Crippen LogP contribution in [0.3, 0.4) is 0 Å². The van der Waals surface area contributed by atoms with Crippen LogP contribution in [0.2, 0.25) is 0 Å². The third-order valence-corrected chi connectivity index (χ3v) is 4.15. The number of hydrogen-bond donors (Lipinski definition) is 3. The van der Waals surface area contributed by atoms with Crippen molar-refractivity contribution in [2.24, 2.45) is 0 Å². The van der Waals surface area contributed by atoms with Crippen molar-refractivity contribution in [3.05, 3.63) is 35.9 Å². The largest absolute Gasteiger partial charge is 0.445 e. The number of carbonyl (C=O) groups excluding carboxylic acids is 2. The number of aliphatic hydroxyl groups is 1. The Kier molecular flexibility index (Phi) is 6.40. The molecule has 0 saturated carbocycles. The smallest absolute Gasteiger partial charge is 0.407 e. The third kappa shape index (κ3) is 4.92. The number of nitrogens with one attached hydrogen (secondary N) is 2. The molecule has 1 aromatic rings. The molecule has 26 heavy (non-hydrogen) atoms. The number of benzene rings is 1. The van der Waals surface area contributed by atoms with E-state index in [2.05, 4.69) is 10.6 Å². The van der Waals surface area contributed by atoms with Crippen molar-refractivity contribution in [3.63, 3.8) is 0 Å². The van der Waals surface area contributed by atoms with Crippen molar-refractivity contribution in [3.8, 4) is 0 Å². The van der Waals surface area contributed by atoms with Crippen LogP contribution in [0.25, 0.3) is 0 Å². The quantitative estimate of drug-likeness (QED) is 0.559. The molecule has 2 aliphatic heterocycles. The van der Waals surface area contributed by atoms with E-state index in [1.54, 1.807) is 0 Å². The number of aliphatic hydroxyl groups excluding tert-OH is 1. The van der Waals surface area contributed by atoms with Gasteiger partial charge in [-0.15, -0.1) is 0 Å². The molecule has 3 N–H and O–H groups in total. The molecule has 2 heterocycles. The SMILES string of the molecule is O=C(CNC(=O)OCc1ccccc1)NCO[C@@H]1CO[C@H]2[C@@H]1OC[C@H]2O. The van der Waals surface area contributed by atoms with Crippen molar-refractivity contribution in [1.29, 1.82) is 0 Å². The average Bonchev–Trinajstić information content (AvgIpc) is 3.22. The minimum Gasteiger partial charge on any atom is -0.445 e. The van der Waals surface area contributed by atoms with E-state index in [1.807, 2.05) is 30.3 Å². The molecule has 142 valence electrons. The van der Waals surface area contributed by atoms with E-state index in [0.717, 1.165) is 5.56 Å². The molecule has 9 heteroatoms. The first-order valence-electron chi connectivity index (χ1n) is 8.37. The van der Waals surface area contributed by atoms with Gasteiger partial charge in [0.25, 0.3) is 0 Å². The van der Waals surface area contributed by atoms with Gasteiger partial charge >= 0.3 is 6.09 Å². The van der Waals surface area contributed by atoms with Crippen molar-refractivity contribution >= 4 is 12.0 Å². The van der Waals surface area contributed by atoms with Crippen LogP contribution in [0.4, 0.5) is 4.79 Å². The molecule has 2 fully saturated rings. The summed E-state index contributed by atoms with van der Waals surface area (Å²) in [6.45, 7) is 0.381. The zero-order valence-corrected chi connectivity index (χ0v) is 14.1. The van der Waals surface area contributed by atoms with Gasteiger partial charge < -0.3 is 34.7 Å². The Bertz CT molecular complexity index is 612. The molecule has 0 unspecified atom stereocenters. The number of rotatable bonds is 7. The van der Waals surface area contributed by atoms with Crippen LogP contribution in [0.5, 0.6) is 0 Å². The van der Waals surface area contributed by atoms with Gasteiger partial charge in [-0.2, -0.15) is 0 Å². The lowest BCUT2D eigenvalue weighted by molar-refractivity contribution is -0.123. The first-order chi connectivity index (χ1) is 12.6. The summed E-state index contributed by atoms with van der Waals surface area (Å²) in [5.74, 6) is -0.412. The molecular weight excluding hydrogens is 344 g/mol. The van der Waals surface area contributed by atoms with Crippen LogP contribution < -0.4 is 10.6 Å². The van der Waals surface area contributed by atoms with E-state index in [9.17, 15) is 14.7 Å². The number of amides is 2. The van der Waals surface area contributed by atoms with Gasteiger partial charge in [0, 0.05) is 0 Å². The fourth-order valence-corrected chi connectivity index (χ4v) is 2.81. The fourth-order valence-electron chi connectivity index (χ4n) is 2.81. The Labute approximate surface area is 150 Å². The van der Waals surface area contributed by atoms with Crippen LogP contribution in [0.15, 0.2) is 30.3 Å². The van der Waals surface area contributed by atoms with Gasteiger partial charge in [-0.25, -0.2) is 4.79 Å². The second-order valence-electron chi connectivity index (χ2n) is 6.03. The van der Waals surface area contributed by atoms with Crippen LogP contribution >= 0.6 is 0 Å². The molecule has 0 aliphatic carbocycles. The maximum Gasteiger partial charge on any atom is 0.407 e. The van der Waals surface area contributed by atoms with Crippen molar-refractivity contribution in [1.82, 2.24) is 10.6 Å². The van der Waals surface area contributed by atoms with Gasteiger partial charge in [0.05, 0.1) is 13.2 Å². The van der Waals surface area contributed by atoms with Gasteiger partial charge in [-0.1, -0.05) is 30.3 Å². The molecule has 3 rings (SSSR count). The zero-order chi connectivity index (χ0) is 18.4. The van der Waals surface area contributed by atoms with Crippen molar-refractivity contribution in [2.75, 3.05) is 26.5 Å². The second kappa shape index (κ2) is 8.95. The topological polar surface area (TPSA) is 115 Å². The summed E-state index contributed by atoms with van der Waals surface area (Å²) < 4.78 is 21.3. The second-order valence-corrected chi connectivity index (χ2v) is 6.03. The summed E-state index contributed by atoms with van der Waals surface area (Å²) in [7, 11) is 0. The normalized spacial score (nSPS) is 27.0. The monoisotopic (exact) mass is 366 g/mol. The Balaban J connectivity index is 1.27. The van der Waals surface area contributed by atoms with E-state index >= 15 is 0 Å². The molecule has 2 amide bonds. The Morgan fingerprint density at radius 2 is 1.88 bits per heavy atom. The van der Waals surface area contributed by atoms with Gasteiger partial charge in [-0.05, 0) is 5.56 Å². The standard InChI is InChI=1S/C17H22N2O7/c20-12-8-23-16-13(9-24-15(12)16)26-10-19-14(21)6-18-17(22)25-7-11-4-2-1-3-5-11/h1-5,12-13,15-16,20H,6-10H2,(H,18,22)(H,19,21)/t12-,13-,15-,16-/m1/s1. The summed E-state index contributed by atoms with van der Waals surface area (Å²) in [6, 6.07) is 9.23. The van der Waals surface area contributed by atoms with Crippen LogP contribution in [0, 0.1) is 0 Å². The Hall–Kier alpha value is -2.20. The van der Waals surface area contributed by atoms with E-state index < -0.39 is 18.1 Å². The summed E-state index contributed by atoms with van der Waals surface area (Å²) in [4.78, 5) is 23.3. The molecule has 2 aliphatic rings. The molecule has 4 atom stereocenters. The Morgan fingerprint density at radius 1 is 1.12 bits per heavy atom. The van der Waals surface area contributed by atoms with E-state index in [-0.39, 0.29) is 44.8 Å². The lowest BCUT2D eigenvalue weighted by atomic mass is 10.1. The summed E-state index contributed by atoms with van der Waals surface area (Å²) in [5, 5.41) is 14.5. The number of alkyl carbamates (subject to hydrolysis) is 1. The van der Waals surface area contributed by atoms with Crippen molar-refractivity contribution in [2.45, 2.75) is 31.0 Å². The number of hydrogen-bond acceptors (Lipinski definition) is 7. The molecule has 9 nitrogen and oxygen atoms in total. The van der Waals surface area contributed by atoms with Gasteiger partial charge in [0.15, 0.2) is 0 Å². The maximum absolute atomic E-state index is 11.7. The van der Waals surface area contributed by atoms with Gasteiger partial charge in [0.1, 0.15) is 44.3 Å². The molecule has 0 radical (unpaired) electrons. The van der Waals surface area contributed by atoms with Crippen molar-refractivity contribution < 1.29 is 33.6 Å². The zero-order valence-electron chi connectivity index (χ0n) is 14.1. The highest BCUT2D eigenvalue weighted by Gasteiger charge is 2.47. The molecule has 1 aromatic carbocycles. The summed E-state index contributed by atoms with van der Waals surface area (Å²) in [5.41, 5.74) is 0.858. The minimum atomic E-state index is -0.676. The molecule has 0 aromatic heterocycles. The molecule has 2 saturated heterocycles. The van der Waals surface area contributed by atoms with E-state index in [1.165, 1.54) is 0 Å². The highest BCUT2D eigenvalue weighted by atomic mass is 16.6. The molecular formula is C17H22N2O7. The predicted octanol–water partition coefficient (Wildman–Crippen LogP) is -0.470. The number of fused-ring (bicyclic) bond motifs is 1. The van der Waals surface area contributed by atoms with Crippen LogP contribution in [-0.4, -0.2) is 68.0 Å². The Morgan fingerprint density at radius 3 is 2.69 bits per heavy atom. The predicted molar refractivity (Wildman–Crippen MR) is 88.0 cm³/mol. The average molecular weight is 366 g/mol. The third-order valence-electron chi connectivity index (χ3n) is 4.15. The minimum absolute atomic E-state index is 0.0454. The first kappa shape index (κ1) is 18.6. The molecule has 0 spiro atoms. The molecule has 0 bridgehead atoms. The lowest BCUT2D eigenvalue weighted by Gasteiger charge is -2.17. The summed E-state index contributed by atoms with van der Waals surface area (Å²) in [6.07, 6.45) is -2.37. The maximum atomic E-state index is 11.7. The van der Waals surface area contributed by atoms with Gasteiger partial charge in [0.2, 0.25) is 5.91 Å². The lowest BCUT2D eigenvalue weighted by Crippen LogP contribution is -2.40. The first-order valence-corrected chi connectivity index (χ1v) is 8.37. The highest BCUT2D eigenvalue weighted by molar-refractivity contribution is 5.81. The van der Waals surface area contributed by atoms with E-state index in [4.69, 9.17) is 18.9 Å². The summed E-state index contributed by atoms with van der Waals surface area (Å²) >= 11 is 0. The fraction of sp³-hybridized carbons (Fsp3) is 0.529. The van der Waals surface area contributed by atoms with E-state index in [0.29, 0.717) is 6.61 Å². The van der Waals surface area contributed by atoms with Crippen LogP contribution in [0.1, 0.15) is 5.56 Å². The number of ether oxygens (including phenoxy) is 4. The number of carbonyl (C=O) groups is 2. The van der Waals surface area contributed by atoms with Crippen LogP contribution in [-0.2, 0) is 30.3 Å². The van der Waals surface area contributed by atoms with Gasteiger partial charge in [-0.3, -0.25) is 4.79 Å². The highest BCUT2D eigenvalue weighted by Crippen LogP contribution is 2.28.